The Labute approximate surface area is 177 Å². The molecule has 9 nitrogen and oxygen atoms in total. The number of imide groups is 1. The van der Waals surface area contributed by atoms with Crippen LogP contribution < -0.4 is 14.8 Å². The number of thiazole rings is 1. The van der Waals surface area contributed by atoms with E-state index in [4.69, 9.17) is 14.2 Å². The van der Waals surface area contributed by atoms with E-state index in [9.17, 15) is 14.4 Å². The van der Waals surface area contributed by atoms with Gasteiger partial charge in [0.2, 0.25) is 0 Å². The van der Waals surface area contributed by atoms with Gasteiger partial charge in [0.15, 0.2) is 11.5 Å². The maximum atomic E-state index is 12.4. The predicted molar refractivity (Wildman–Crippen MR) is 109 cm³/mol. The molecular formula is C20H23N3O6S. The average Bonchev–Trinajstić information content (AvgIpc) is 3.30. The number of methoxy groups -OCH3 is 2. The Hall–Kier alpha value is -3.14. The molecule has 1 saturated heterocycles. The van der Waals surface area contributed by atoms with Gasteiger partial charge in [0.25, 0.3) is 5.91 Å². The minimum atomic E-state index is -0.989. The lowest BCUT2D eigenvalue weighted by atomic mass is 9.99. The fourth-order valence-electron chi connectivity index (χ4n) is 3.01. The zero-order chi connectivity index (χ0) is 21.9. The van der Waals surface area contributed by atoms with E-state index < -0.39 is 30.0 Å². The second-order valence-corrected chi connectivity index (χ2v) is 7.71. The van der Waals surface area contributed by atoms with Crippen LogP contribution in [0.1, 0.15) is 26.0 Å². The number of rotatable bonds is 8. The monoisotopic (exact) mass is 433 g/mol. The molecule has 1 unspecified atom stereocenters. The third-order valence-electron chi connectivity index (χ3n) is 4.91. The molecule has 1 aliphatic rings. The average molecular weight is 433 g/mol. The fraction of sp³-hybridized carbons (Fsp3) is 0.400. The quantitative estimate of drug-likeness (QED) is 0.504. The fourth-order valence-corrected chi connectivity index (χ4v) is 3.84. The van der Waals surface area contributed by atoms with Crippen molar-refractivity contribution in [2.24, 2.45) is 0 Å². The number of nitrogens with one attached hydrogen (secondary N) is 1. The van der Waals surface area contributed by atoms with E-state index in [1.165, 1.54) is 11.3 Å². The molecule has 0 aliphatic carbocycles. The molecule has 0 bridgehead atoms. The third kappa shape index (κ3) is 4.09. The van der Waals surface area contributed by atoms with E-state index in [-0.39, 0.29) is 6.61 Å². The maximum absolute atomic E-state index is 12.4. The molecule has 1 aliphatic heterocycles. The first-order valence-corrected chi connectivity index (χ1v) is 10.2. The van der Waals surface area contributed by atoms with Crippen LogP contribution >= 0.6 is 11.3 Å². The highest BCUT2D eigenvalue weighted by atomic mass is 32.1. The van der Waals surface area contributed by atoms with Gasteiger partial charge in [0.05, 0.1) is 25.5 Å². The number of ether oxygens (including phenoxy) is 3. The largest absolute Gasteiger partial charge is 0.493 e. The van der Waals surface area contributed by atoms with Crippen LogP contribution in [0.15, 0.2) is 23.6 Å². The summed E-state index contributed by atoms with van der Waals surface area (Å²) in [6.45, 7) is 2.90. The Bertz CT molecular complexity index is 975. The highest BCUT2D eigenvalue weighted by Crippen LogP contribution is 2.39. The van der Waals surface area contributed by atoms with Crippen LogP contribution in [0.25, 0.3) is 10.6 Å². The maximum Gasteiger partial charge on any atom is 0.326 e. The molecule has 0 spiro atoms. The van der Waals surface area contributed by atoms with Crippen LogP contribution in [0.5, 0.6) is 11.5 Å². The zero-order valence-electron chi connectivity index (χ0n) is 17.2. The van der Waals surface area contributed by atoms with Crippen LogP contribution in [0.2, 0.25) is 0 Å². The Morgan fingerprint density at radius 1 is 1.27 bits per heavy atom. The molecule has 0 radical (unpaired) electrons. The summed E-state index contributed by atoms with van der Waals surface area (Å²) in [4.78, 5) is 41.9. The number of aromatic nitrogens is 1. The van der Waals surface area contributed by atoms with Crippen molar-refractivity contribution < 1.29 is 28.6 Å². The van der Waals surface area contributed by atoms with E-state index in [2.05, 4.69) is 10.3 Å². The van der Waals surface area contributed by atoms with Crippen molar-refractivity contribution in [3.05, 3.63) is 29.3 Å². The highest BCUT2D eigenvalue weighted by molar-refractivity contribution is 7.13. The number of urea groups is 1. The molecule has 3 rings (SSSR count). The second kappa shape index (κ2) is 8.70. The topological polar surface area (TPSA) is 107 Å². The first-order valence-electron chi connectivity index (χ1n) is 9.28. The van der Waals surface area contributed by atoms with Crippen molar-refractivity contribution in [2.45, 2.75) is 32.4 Å². The normalized spacial score (nSPS) is 18.3. The predicted octanol–water partition coefficient (Wildman–Crippen LogP) is 2.59. The summed E-state index contributed by atoms with van der Waals surface area (Å²) in [5, 5.41) is 5.05. The summed E-state index contributed by atoms with van der Waals surface area (Å²) >= 11 is 1.37. The van der Waals surface area contributed by atoms with Crippen molar-refractivity contribution in [3.8, 4) is 22.1 Å². The van der Waals surface area contributed by atoms with Gasteiger partial charge in [-0.3, -0.25) is 14.5 Å². The number of carbonyl (C=O) groups is 3. The number of carbonyl (C=O) groups excluding carboxylic acids is 3. The van der Waals surface area contributed by atoms with E-state index in [0.29, 0.717) is 28.6 Å². The van der Waals surface area contributed by atoms with Crippen LogP contribution in [-0.2, 0) is 20.9 Å². The number of benzene rings is 1. The number of nitrogens with zero attached hydrogens (tertiary/aromatic N) is 2. The Morgan fingerprint density at radius 2 is 2.03 bits per heavy atom. The van der Waals surface area contributed by atoms with Gasteiger partial charge in [-0.05, 0) is 25.5 Å². The molecule has 3 amide bonds. The Morgan fingerprint density at radius 3 is 2.67 bits per heavy atom. The zero-order valence-corrected chi connectivity index (χ0v) is 18.0. The van der Waals surface area contributed by atoms with Crippen molar-refractivity contribution in [1.82, 2.24) is 15.2 Å². The minimum Gasteiger partial charge on any atom is -0.493 e. The van der Waals surface area contributed by atoms with Gasteiger partial charge in [0, 0.05) is 5.38 Å². The van der Waals surface area contributed by atoms with Crippen molar-refractivity contribution in [1.29, 1.82) is 0 Å². The van der Waals surface area contributed by atoms with Crippen molar-refractivity contribution >= 4 is 29.2 Å². The van der Waals surface area contributed by atoms with Gasteiger partial charge < -0.3 is 19.5 Å². The number of esters is 1. The molecule has 0 saturated carbocycles. The number of hydrogen-bond acceptors (Lipinski definition) is 8. The van der Waals surface area contributed by atoms with Crippen molar-refractivity contribution in [2.75, 3.05) is 20.8 Å². The van der Waals surface area contributed by atoms with Gasteiger partial charge in [-0.25, -0.2) is 9.78 Å². The Balaban J connectivity index is 1.63. The van der Waals surface area contributed by atoms with Crippen molar-refractivity contribution in [3.63, 3.8) is 0 Å². The van der Waals surface area contributed by atoms with Crippen LogP contribution in [0.3, 0.4) is 0 Å². The molecule has 1 aromatic carbocycles. The molecular weight excluding hydrogens is 410 g/mol. The van der Waals surface area contributed by atoms with Crippen LogP contribution in [0.4, 0.5) is 4.79 Å². The van der Waals surface area contributed by atoms with Gasteiger partial charge >= 0.3 is 12.0 Å². The molecule has 10 heteroatoms. The highest BCUT2D eigenvalue weighted by Gasteiger charge is 2.47. The molecule has 1 atom stereocenters. The summed E-state index contributed by atoms with van der Waals surface area (Å²) < 4.78 is 16.0. The molecule has 1 aromatic heterocycles. The second-order valence-electron chi connectivity index (χ2n) is 6.85. The summed E-state index contributed by atoms with van der Waals surface area (Å²) in [6, 6.07) is 4.89. The standard InChI is InChI=1S/C20H23N3O6S/c1-5-20(2)18(25)23(19(26)22-20)9-15(24)29-10-12-11-30-17(21-12)13-7-6-8-14(27-3)16(13)28-4/h6-8,11H,5,9-10H2,1-4H3,(H,22,26). The van der Waals surface area contributed by atoms with E-state index >= 15 is 0 Å². The van der Waals surface area contributed by atoms with Crippen LogP contribution in [-0.4, -0.2) is 54.1 Å². The van der Waals surface area contributed by atoms with Gasteiger partial charge in [-0.15, -0.1) is 11.3 Å². The summed E-state index contributed by atoms with van der Waals surface area (Å²) in [6.07, 6.45) is 0.429. The molecule has 1 fully saturated rings. The number of amides is 3. The van der Waals surface area contributed by atoms with Gasteiger partial charge in [-0.2, -0.15) is 0 Å². The molecule has 160 valence electrons. The number of para-hydroxylation sites is 1. The lowest BCUT2D eigenvalue weighted by Crippen LogP contribution is -2.43. The summed E-state index contributed by atoms with van der Waals surface area (Å²) in [7, 11) is 3.11. The number of hydrogen-bond donors (Lipinski definition) is 1. The van der Waals surface area contributed by atoms with Crippen LogP contribution in [0, 0.1) is 0 Å². The minimum absolute atomic E-state index is 0.0731. The first-order chi connectivity index (χ1) is 14.3. The van der Waals surface area contributed by atoms with E-state index in [1.54, 1.807) is 39.5 Å². The lowest BCUT2D eigenvalue weighted by Gasteiger charge is -2.18. The SMILES string of the molecule is CCC1(C)NC(=O)N(CC(=O)OCc2csc(-c3cccc(OC)c3OC)n2)C1=O. The van der Waals surface area contributed by atoms with E-state index in [1.807, 2.05) is 12.1 Å². The van der Waals surface area contributed by atoms with Gasteiger partial charge in [0.1, 0.15) is 23.7 Å². The lowest BCUT2D eigenvalue weighted by molar-refractivity contribution is -0.148. The van der Waals surface area contributed by atoms with Gasteiger partial charge in [-0.1, -0.05) is 13.0 Å². The smallest absolute Gasteiger partial charge is 0.326 e. The summed E-state index contributed by atoms with van der Waals surface area (Å²) in [5.74, 6) is 0.0293. The summed E-state index contributed by atoms with van der Waals surface area (Å²) in [5.41, 5.74) is 0.318. The molecule has 2 aromatic rings. The third-order valence-corrected chi connectivity index (χ3v) is 5.83. The first kappa shape index (κ1) is 21.6. The van der Waals surface area contributed by atoms with E-state index in [0.717, 1.165) is 10.5 Å². The molecule has 1 N–H and O–H groups in total. The molecule has 30 heavy (non-hydrogen) atoms. The molecule has 2 heterocycles. The Kier molecular flexibility index (Phi) is 6.25.